The number of hydrogen-bond donors (Lipinski definition) is 1. The summed E-state index contributed by atoms with van der Waals surface area (Å²) in [6.45, 7) is 0.630. The van der Waals surface area contributed by atoms with Crippen molar-refractivity contribution in [2.45, 2.75) is 44.2 Å². The highest BCUT2D eigenvalue weighted by molar-refractivity contribution is 6.30. The molecule has 1 N–H and O–H groups in total. The van der Waals surface area contributed by atoms with Crippen LogP contribution in [-0.2, 0) is 13.0 Å². The van der Waals surface area contributed by atoms with Crippen LogP contribution in [0.4, 0.5) is 0 Å². The van der Waals surface area contributed by atoms with Crippen molar-refractivity contribution in [3.05, 3.63) is 53.6 Å². The van der Waals surface area contributed by atoms with E-state index in [-0.39, 0.29) is 5.92 Å². The third-order valence-corrected chi connectivity index (χ3v) is 4.84. The SMILES string of the molecule is OC1(Cn2ccnc2)CCCCC1Cc1ccc(Cl)cc1. The minimum Gasteiger partial charge on any atom is -0.388 e. The number of benzene rings is 1. The molecule has 1 heterocycles. The van der Waals surface area contributed by atoms with E-state index in [1.807, 2.05) is 22.9 Å². The smallest absolute Gasteiger partial charge is 0.0946 e. The van der Waals surface area contributed by atoms with Gasteiger partial charge in [0.2, 0.25) is 0 Å². The molecule has 1 aromatic carbocycles. The summed E-state index contributed by atoms with van der Waals surface area (Å²) in [5.41, 5.74) is 0.605. The molecule has 2 atom stereocenters. The molecule has 0 amide bonds. The fourth-order valence-corrected chi connectivity index (χ4v) is 3.52. The fraction of sp³-hybridized carbons (Fsp3) is 0.471. The summed E-state index contributed by atoms with van der Waals surface area (Å²) >= 11 is 5.95. The van der Waals surface area contributed by atoms with E-state index in [2.05, 4.69) is 17.1 Å². The van der Waals surface area contributed by atoms with Crippen LogP contribution in [0.2, 0.25) is 5.02 Å². The molecule has 3 nitrogen and oxygen atoms in total. The van der Waals surface area contributed by atoms with E-state index in [1.165, 1.54) is 12.0 Å². The highest BCUT2D eigenvalue weighted by Crippen LogP contribution is 2.37. The zero-order chi connectivity index (χ0) is 14.7. The molecule has 1 saturated carbocycles. The van der Waals surface area contributed by atoms with Gasteiger partial charge in [-0.1, -0.05) is 36.6 Å². The Hall–Kier alpha value is -1.32. The molecule has 1 aliphatic carbocycles. The van der Waals surface area contributed by atoms with Crippen LogP contribution in [0.1, 0.15) is 31.2 Å². The van der Waals surface area contributed by atoms with E-state index < -0.39 is 5.60 Å². The van der Waals surface area contributed by atoms with Gasteiger partial charge in [-0.25, -0.2) is 4.98 Å². The Labute approximate surface area is 130 Å². The van der Waals surface area contributed by atoms with Crippen LogP contribution in [0.5, 0.6) is 0 Å². The number of hydrogen-bond acceptors (Lipinski definition) is 2. The lowest BCUT2D eigenvalue weighted by molar-refractivity contribution is -0.0614. The van der Waals surface area contributed by atoms with Crippen LogP contribution in [0.15, 0.2) is 43.0 Å². The van der Waals surface area contributed by atoms with Gasteiger partial charge in [-0.3, -0.25) is 0 Å². The third kappa shape index (κ3) is 3.47. The maximum Gasteiger partial charge on any atom is 0.0946 e. The van der Waals surface area contributed by atoms with Crippen LogP contribution in [-0.4, -0.2) is 20.3 Å². The number of imidazole rings is 1. The molecule has 0 bridgehead atoms. The zero-order valence-corrected chi connectivity index (χ0v) is 12.8. The molecule has 1 aromatic heterocycles. The van der Waals surface area contributed by atoms with Crippen molar-refractivity contribution in [2.75, 3.05) is 0 Å². The van der Waals surface area contributed by atoms with E-state index in [4.69, 9.17) is 11.6 Å². The number of aliphatic hydroxyl groups is 1. The van der Waals surface area contributed by atoms with E-state index in [0.717, 1.165) is 30.7 Å². The highest BCUT2D eigenvalue weighted by atomic mass is 35.5. The van der Waals surface area contributed by atoms with E-state index in [1.54, 1.807) is 12.5 Å². The van der Waals surface area contributed by atoms with Crippen LogP contribution in [0.25, 0.3) is 0 Å². The second-order valence-corrected chi connectivity index (χ2v) is 6.55. The highest BCUT2D eigenvalue weighted by Gasteiger charge is 2.38. The lowest BCUT2D eigenvalue weighted by Crippen LogP contribution is -2.45. The Morgan fingerprint density at radius 2 is 2.10 bits per heavy atom. The molecular formula is C17H21ClN2O. The first-order chi connectivity index (χ1) is 10.2. The Bertz CT molecular complexity index is 567. The van der Waals surface area contributed by atoms with E-state index in [9.17, 15) is 5.11 Å². The van der Waals surface area contributed by atoms with Crippen molar-refractivity contribution in [2.24, 2.45) is 5.92 Å². The summed E-state index contributed by atoms with van der Waals surface area (Å²) in [5.74, 6) is 0.287. The molecule has 1 aliphatic rings. The molecule has 21 heavy (non-hydrogen) atoms. The summed E-state index contributed by atoms with van der Waals surface area (Å²) in [6, 6.07) is 7.98. The average Bonchev–Trinajstić information content (AvgIpc) is 2.96. The van der Waals surface area contributed by atoms with Crippen molar-refractivity contribution < 1.29 is 5.11 Å². The second-order valence-electron chi connectivity index (χ2n) is 6.11. The van der Waals surface area contributed by atoms with Gasteiger partial charge in [0.15, 0.2) is 0 Å². The lowest BCUT2D eigenvalue weighted by Gasteiger charge is -2.40. The average molecular weight is 305 g/mol. The van der Waals surface area contributed by atoms with E-state index in [0.29, 0.717) is 6.54 Å². The van der Waals surface area contributed by atoms with Gasteiger partial charge >= 0.3 is 0 Å². The normalized spacial score (nSPS) is 25.9. The number of rotatable bonds is 4. The first-order valence-electron chi connectivity index (χ1n) is 7.58. The third-order valence-electron chi connectivity index (χ3n) is 4.58. The first-order valence-corrected chi connectivity index (χ1v) is 7.96. The summed E-state index contributed by atoms with van der Waals surface area (Å²) in [6.07, 6.45) is 10.6. The minimum absolute atomic E-state index is 0.287. The Morgan fingerprint density at radius 1 is 1.29 bits per heavy atom. The first kappa shape index (κ1) is 14.6. The van der Waals surface area contributed by atoms with Crippen LogP contribution >= 0.6 is 11.6 Å². The van der Waals surface area contributed by atoms with Gasteiger partial charge in [0, 0.05) is 17.4 Å². The molecule has 0 radical (unpaired) electrons. The molecule has 0 aliphatic heterocycles. The number of halogens is 1. The lowest BCUT2D eigenvalue weighted by atomic mass is 9.72. The van der Waals surface area contributed by atoms with Gasteiger partial charge in [0.25, 0.3) is 0 Å². The predicted molar refractivity (Wildman–Crippen MR) is 84.3 cm³/mol. The van der Waals surface area contributed by atoms with E-state index >= 15 is 0 Å². The Kier molecular flexibility index (Phi) is 4.32. The molecule has 3 rings (SSSR count). The fourth-order valence-electron chi connectivity index (χ4n) is 3.40. The summed E-state index contributed by atoms with van der Waals surface area (Å²) < 4.78 is 1.99. The van der Waals surface area contributed by atoms with Crippen LogP contribution in [0.3, 0.4) is 0 Å². The van der Waals surface area contributed by atoms with Gasteiger partial charge in [0.1, 0.15) is 0 Å². The number of aromatic nitrogens is 2. The largest absolute Gasteiger partial charge is 0.388 e. The second kappa shape index (κ2) is 6.20. The van der Waals surface area contributed by atoms with Crippen molar-refractivity contribution in [1.82, 2.24) is 9.55 Å². The monoisotopic (exact) mass is 304 g/mol. The molecule has 112 valence electrons. The van der Waals surface area contributed by atoms with Gasteiger partial charge in [-0.2, -0.15) is 0 Å². The topological polar surface area (TPSA) is 38.0 Å². The van der Waals surface area contributed by atoms with Gasteiger partial charge in [-0.05, 0) is 42.9 Å². The van der Waals surface area contributed by atoms with Gasteiger partial charge in [-0.15, -0.1) is 0 Å². The van der Waals surface area contributed by atoms with Crippen molar-refractivity contribution in [3.8, 4) is 0 Å². The Balaban J connectivity index is 1.75. The molecular weight excluding hydrogens is 284 g/mol. The zero-order valence-electron chi connectivity index (χ0n) is 12.1. The standard InChI is InChI=1S/C17H21ClN2O/c18-16-6-4-14(5-7-16)11-15-3-1-2-8-17(15,21)12-20-10-9-19-13-20/h4-7,9-10,13,15,21H,1-3,8,11-12H2. The van der Waals surface area contributed by atoms with Crippen molar-refractivity contribution in [3.63, 3.8) is 0 Å². The predicted octanol–water partition coefficient (Wildman–Crippen LogP) is 3.70. The van der Waals surface area contributed by atoms with Crippen molar-refractivity contribution >= 4 is 11.6 Å². The molecule has 2 unspecified atom stereocenters. The molecule has 0 spiro atoms. The maximum atomic E-state index is 11.1. The van der Waals surface area contributed by atoms with Crippen molar-refractivity contribution in [1.29, 1.82) is 0 Å². The molecule has 1 fully saturated rings. The summed E-state index contributed by atoms with van der Waals surface area (Å²) in [4.78, 5) is 4.07. The van der Waals surface area contributed by atoms with Gasteiger partial charge in [0.05, 0.1) is 18.5 Å². The summed E-state index contributed by atoms with van der Waals surface area (Å²) in [7, 11) is 0. The Morgan fingerprint density at radius 3 is 2.81 bits per heavy atom. The maximum absolute atomic E-state index is 11.1. The molecule has 0 saturated heterocycles. The van der Waals surface area contributed by atoms with Crippen LogP contribution in [0, 0.1) is 5.92 Å². The van der Waals surface area contributed by atoms with Gasteiger partial charge < -0.3 is 9.67 Å². The minimum atomic E-state index is -0.640. The summed E-state index contributed by atoms with van der Waals surface area (Å²) in [5, 5.41) is 11.9. The number of nitrogens with zero attached hydrogens (tertiary/aromatic N) is 2. The molecule has 4 heteroatoms. The molecule has 2 aromatic rings. The van der Waals surface area contributed by atoms with Crippen LogP contribution < -0.4 is 0 Å². The quantitative estimate of drug-likeness (QED) is 0.935.